The molecule has 246 valence electrons. The highest BCUT2D eigenvalue weighted by Gasteiger charge is 2.23. The number of furan rings is 2. The molecule has 3 heterocycles. The number of fused-ring (bicyclic) bond motifs is 6. The lowest BCUT2D eigenvalue weighted by molar-refractivity contribution is 0.568. The molecule has 0 atom stereocenters. The topological polar surface area (TPSA) is 26.3 Å². The van der Waals surface area contributed by atoms with Gasteiger partial charge in [0.25, 0.3) is 0 Å². The molecule has 0 bridgehead atoms. The number of hydrogen-bond donors (Lipinski definition) is 0. The Morgan fingerprint density at radius 1 is 0.500 bits per heavy atom. The van der Waals surface area contributed by atoms with E-state index < -0.39 is 0 Å². The first kappa shape index (κ1) is 30.4. The zero-order valence-corrected chi connectivity index (χ0v) is 29.3. The summed E-state index contributed by atoms with van der Waals surface area (Å²) in [4.78, 5) is 0. The number of allylic oxidation sites excluding steroid dienone is 1. The molecule has 10 aromatic rings. The van der Waals surface area contributed by atoms with Crippen molar-refractivity contribution in [2.24, 2.45) is 0 Å². The summed E-state index contributed by atoms with van der Waals surface area (Å²) in [7, 11) is 0. The predicted molar refractivity (Wildman–Crippen MR) is 223 cm³/mol. The number of benzene rings is 7. The summed E-state index contributed by atoms with van der Waals surface area (Å²) in [6, 6.07) is 44.2. The molecule has 10 rings (SSSR count). The summed E-state index contributed by atoms with van der Waals surface area (Å²) >= 11 is 1.85. The molecule has 3 heteroatoms. The largest absolute Gasteiger partial charge is 0.472 e. The van der Waals surface area contributed by atoms with E-state index in [-0.39, 0.29) is 0 Å². The normalized spacial score (nSPS) is 11.9. The monoisotopic (exact) mass is 684 g/mol. The van der Waals surface area contributed by atoms with E-state index in [4.69, 9.17) is 8.83 Å². The molecule has 3 aromatic heterocycles. The fourth-order valence-corrected chi connectivity index (χ4v) is 9.50. The standard InChI is InChI=1S/C49H32O2S/c1-3-12-34-33(4-2)48(40-18-10-9-17-39(40)46(34)31-23-25-50-28-31)41-19-11-20-44-49(41)42-27-30(21-22-43(42)52-44)45-35-13-5-7-15-37(35)47(32-24-26-51-29-32)38-16-8-6-14-36(38)45/h3-29H,2H2,1H3/b12-3-. The van der Waals surface area contributed by atoms with Crippen LogP contribution < -0.4 is 0 Å². The van der Waals surface area contributed by atoms with E-state index in [2.05, 4.69) is 141 Å². The van der Waals surface area contributed by atoms with Gasteiger partial charge in [-0.25, -0.2) is 0 Å². The fourth-order valence-electron chi connectivity index (χ4n) is 8.39. The predicted octanol–water partition coefficient (Wildman–Crippen LogP) is 15.0. The summed E-state index contributed by atoms with van der Waals surface area (Å²) in [6.45, 7) is 6.47. The summed E-state index contributed by atoms with van der Waals surface area (Å²) in [5.41, 5.74) is 11.6. The van der Waals surface area contributed by atoms with Crippen LogP contribution in [0.4, 0.5) is 0 Å². The number of hydrogen-bond acceptors (Lipinski definition) is 3. The van der Waals surface area contributed by atoms with Crippen molar-refractivity contribution in [1.29, 1.82) is 0 Å². The average molecular weight is 685 g/mol. The Kier molecular flexibility index (Phi) is 7.09. The van der Waals surface area contributed by atoms with Gasteiger partial charge in [-0.05, 0) is 103 Å². The Morgan fingerprint density at radius 2 is 1.06 bits per heavy atom. The molecule has 0 saturated carbocycles. The second kappa shape index (κ2) is 12.1. The van der Waals surface area contributed by atoms with Crippen LogP contribution in [0.5, 0.6) is 0 Å². The van der Waals surface area contributed by atoms with Crippen LogP contribution in [0.2, 0.25) is 0 Å². The minimum Gasteiger partial charge on any atom is -0.472 e. The Balaban J connectivity index is 1.30. The van der Waals surface area contributed by atoms with Gasteiger partial charge in [0, 0.05) is 42.4 Å². The molecule has 0 unspecified atom stereocenters. The zero-order chi connectivity index (χ0) is 34.8. The number of rotatable bonds is 6. The van der Waals surface area contributed by atoms with Gasteiger partial charge in [-0.1, -0.05) is 116 Å². The van der Waals surface area contributed by atoms with Gasteiger partial charge < -0.3 is 8.83 Å². The van der Waals surface area contributed by atoms with Gasteiger partial charge >= 0.3 is 0 Å². The molecular formula is C49H32O2S. The van der Waals surface area contributed by atoms with Crippen LogP contribution in [0, 0.1) is 0 Å². The van der Waals surface area contributed by atoms with E-state index in [0.29, 0.717) is 0 Å². The van der Waals surface area contributed by atoms with E-state index in [9.17, 15) is 0 Å². The Hall–Kier alpha value is -6.42. The molecule has 0 aliphatic rings. The number of thiophene rings is 1. The van der Waals surface area contributed by atoms with Crippen LogP contribution in [0.15, 0.2) is 168 Å². The van der Waals surface area contributed by atoms with Gasteiger partial charge in [-0.15, -0.1) is 11.3 Å². The maximum atomic E-state index is 5.61. The first-order valence-electron chi connectivity index (χ1n) is 17.5. The van der Waals surface area contributed by atoms with Gasteiger partial charge in [0.05, 0.1) is 25.1 Å². The van der Waals surface area contributed by atoms with Crippen LogP contribution in [-0.4, -0.2) is 0 Å². The highest BCUT2D eigenvalue weighted by atomic mass is 32.1. The molecule has 52 heavy (non-hydrogen) atoms. The van der Waals surface area contributed by atoms with Crippen molar-refractivity contribution < 1.29 is 8.83 Å². The second-order valence-corrected chi connectivity index (χ2v) is 14.3. The molecule has 0 spiro atoms. The smallest absolute Gasteiger partial charge is 0.0981 e. The lowest BCUT2D eigenvalue weighted by Crippen LogP contribution is -1.96. The maximum absolute atomic E-state index is 5.61. The first-order chi connectivity index (χ1) is 25.7. The van der Waals surface area contributed by atoms with E-state index in [1.807, 2.05) is 36.0 Å². The summed E-state index contributed by atoms with van der Waals surface area (Å²) in [5.74, 6) is 0. The van der Waals surface area contributed by atoms with Crippen LogP contribution >= 0.6 is 11.3 Å². The van der Waals surface area contributed by atoms with Crippen molar-refractivity contribution in [3.05, 3.63) is 170 Å². The molecule has 0 amide bonds. The van der Waals surface area contributed by atoms with Crippen molar-refractivity contribution in [3.63, 3.8) is 0 Å². The zero-order valence-electron chi connectivity index (χ0n) is 28.5. The third-order valence-corrected chi connectivity index (χ3v) is 11.6. The van der Waals surface area contributed by atoms with E-state index in [0.717, 1.165) is 27.8 Å². The second-order valence-electron chi connectivity index (χ2n) is 13.2. The summed E-state index contributed by atoms with van der Waals surface area (Å²) in [5, 5.41) is 9.77. The molecule has 0 radical (unpaired) electrons. The average Bonchev–Trinajstić information content (AvgIpc) is 3.99. The Bertz CT molecular complexity index is 2970. The molecule has 0 fully saturated rings. The third kappa shape index (κ3) is 4.50. The lowest BCUT2D eigenvalue weighted by atomic mass is 9.82. The van der Waals surface area contributed by atoms with Crippen LogP contribution in [-0.2, 0) is 0 Å². The van der Waals surface area contributed by atoms with E-state index in [1.165, 1.54) is 80.3 Å². The van der Waals surface area contributed by atoms with Crippen LogP contribution in [0.25, 0.3) is 109 Å². The minimum atomic E-state index is 1.06. The highest BCUT2D eigenvalue weighted by molar-refractivity contribution is 7.26. The fraction of sp³-hybridized carbons (Fsp3) is 0.0204. The highest BCUT2D eigenvalue weighted by Crippen LogP contribution is 2.49. The van der Waals surface area contributed by atoms with E-state index in [1.54, 1.807) is 12.5 Å². The van der Waals surface area contributed by atoms with Crippen molar-refractivity contribution in [1.82, 2.24) is 0 Å². The van der Waals surface area contributed by atoms with Gasteiger partial charge in [-0.3, -0.25) is 0 Å². The third-order valence-electron chi connectivity index (χ3n) is 10.4. The minimum absolute atomic E-state index is 1.06. The Labute approximate surface area is 305 Å². The summed E-state index contributed by atoms with van der Waals surface area (Å²) < 4.78 is 13.7. The van der Waals surface area contributed by atoms with Crippen molar-refractivity contribution >= 4 is 76.0 Å². The maximum Gasteiger partial charge on any atom is 0.0981 e. The molecule has 0 N–H and O–H groups in total. The van der Waals surface area contributed by atoms with Gasteiger partial charge in [-0.2, -0.15) is 0 Å². The van der Waals surface area contributed by atoms with Crippen molar-refractivity contribution in [2.75, 3.05) is 0 Å². The quantitative estimate of drug-likeness (QED) is 0.163. The molecule has 2 nitrogen and oxygen atoms in total. The molecule has 0 aliphatic carbocycles. The molecule has 0 aliphatic heterocycles. The molecule has 0 saturated heterocycles. The van der Waals surface area contributed by atoms with Gasteiger partial charge in [0.1, 0.15) is 0 Å². The Morgan fingerprint density at radius 3 is 1.62 bits per heavy atom. The summed E-state index contributed by atoms with van der Waals surface area (Å²) in [6.07, 6.45) is 13.5. The van der Waals surface area contributed by atoms with Crippen molar-refractivity contribution in [3.8, 4) is 44.5 Å². The van der Waals surface area contributed by atoms with Gasteiger partial charge in [0.2, 0.25) is 0 Å². The van der Waals surface area contributed by atoms with Crippen molar-refractivity contribution in [2.45, 2.75) is 6.92 Å². The van der Waals surface area contributed by atoms with Crippen LogP contribution in [0.1, 0.15) is 18.1 Å². The van der Waals surface area contributed by atoms with Gasteiger partial charge in [0.15, 0.2) is 0 Å². The lowest BCUT2D eigenvalue weighted by Gasteiger charge is -2.20. The molecular weight excluding hydrogens is 653 g/mol. The SMILES string of the molecule is C=Cc1c(/C=C\C)c(-c2ccoc2)c2ccccc2c1-c1cccc2sc3ccc(-c4c5ccccc5c(-c5ccoc5)c5ccccc45)cc3c12. The molecule has 7 aromatic carbocycles. The first-order valence-corrected chi connectivity index (χ1v) is 18.3. The van der Waals surface area contributed by atoms with E-state index >= 15 is 0 Å². The van der Waals surface area contributed by atoms with Crippen LogP contribution in [0.3, 0.4) is 0 Å².